The highest BCUT2D eigenvalue weighted by Gasteiger charge is 1.99. The summed E-state index contributed by atoms with van der Waals surface area (Å²) in [5.74, 6) is 0.843. The normalized spacial score (nSPS) is 10.5. The highest BCUT2D eigenvalue weighted by molar-refractivity contribution is 9.10. The highest BCUT2D eigenvalue weighted by atomic mass is 79.9. The highest BCUT2D eigenvalue weighted by Crippen LogP contribution is 2.27. The summed E-state index contributed by atoms with van der Waals surface area (Å²) in [4.78, 5) is 0. The van der Waals surface area contributed by atoms with E-state index in [1.165, 1.54) is 0 Å². The van der Waals surface area contributed by atoms with Gasteiger partial charge in [-0.1, -0.05) is 12.2 Å². The molecule has 0 amide bonds. The van der Waals surface area contributed by atoms with Crippen LogP contribution in [-0.4, -0.2) is 13.7 Å². The molecule has 0 aliphatic rings. The van der Waals surface area contributed by atoms with Crippen LogP contribution in [0.1, 0.15) is 6.92 Å². The molecule has 0 aromatic heterocycles. The number of methoxy groups -OCH3 is 1. The van der Waals surface area contributed by atoms with Crippen molar-refractivity contribution >= 4 is 21.6 Å². The molecule has 0 fully saturated rings. The second kappa shape index (κ2) is 5.70. The third kappa shape index (κ3) is 3.07. The van der Waals surface area contributed by atoms with Crippen molar-refractivity contribution in [3.05, 3.63) is 34.8 Å². The van der Waals surface area contributed by atoms with E-state index in [4.69, 9.17) is 4.74 Å². The number of anilines is 1. The summed E-state index contributed by atoms with van der Waals surface area (Å²) in [6, 6.07) is 5.94. The van der Waals surface area contributed by atoms with E-state index < -0.39 is 0 Å². The molecule has 2 nitrogen and oxygen atoms in total. The van der Waals surface area contributed by atoms with Gasteiger partial charge in [-0.2, -0.15) is 0 Å². The van der Waals surface area contributed by atoms with E-state index in [-0.39, 0.29) is 0 Å². The summed E-state index contributed by atoms with van der Waals surface area (Å²) in [5.41, 5.74) is 1.06. The molecule has 76 valence electrons. The van der Waals surface area contributed by atoms with Gasteiger partial charge in [0.05, 0.1) is 11.6 Å². The lowest BCUT2D eigenvalue weighted by molar-refractivity contribution is 0.412. The fourth-order valence-electron chi connectivity index (χ4n) is 1.06. The molecule has 0 saturated heterocycles. The zero-order chi connectivity index (χ0) is 10.4. The van der Waals surface area contributed by atoms with Crippen LogP contribution in [-0.2, 0) is 0 Å². The first-order valence-electron chi connectivity index (χ1n) is 4.46. The maximum atomic E-state index is 5.19. The van der Waals surface area contributed by atoms with Crippen molar-refractivity contribution in [2.45, 2.75) is 6.92 Å². The molecule has 0 bridgehead atoms. The average molecular weight is 256 g/mol. The van der Waals surface area contributed by atoms with Gasteiger partial charge in [0.15, 0.2) is 0 Å². The number of ether oxygens (including phenoxy) is 1. The van der Waals surface area contributed by atoms with Crippen molar-refractivity contribution in [1.29, 1.82) is 0 Å². The van der Waals surface area contributed by atoms with Crippen LogP contribution in [0.15, 0.2) is 34.8 Å². The van der Waals surface area contributed by atoms with Gasteiger partial charge in [0.25, 0.3) is 0 Å². The quantitative estimate of drug-likeness (QED) is 0.833. The van der Waals surface area contributed by atoms with E-state index in [2.05, 4.69) is 27.3 Å². The Labute approximate surface area is 93.1 Å². The Hall–Kier alpha value is -0.960. The molecule has 1 aromatic carbocycles. The number of hydrogen-bond donors (Lipinski definition) is 1. The number of benzene rings is 1. The first kappa shape index (κ1) is 11.1. The zero-order valence-corrected chi connectivity index (χ0v) is 9.97. The Morgan fingerprint density at radius 2 is 2.29 bits per heavy atom. The van der Waals surface area contributed by atoms with Crippen LogP contribution in [0.2, 0.25) is 0 Å². The topological polar surface area (TPSA) is 21.3 Å². The van der Waals surface area contributed by atoms with Crippen LogP contribution >= 0.6 is 15.9 Å². The second-order valence-electron chi connectivity index (χ2n) is 2.80. The Kier molecular flexibility index (Phi) is 4.53. The number of hydrogen-bond acceptors (Lipinski definition) is 2. The van der Waals surface area contributed by atoms with Crippen molar-refractivity contribution in [3.8, 4) is 5.75 Å². The van der Waals surface area contributed by atoms with Crippen molar-refractivity contribution in [1.82, 2.24) is 0 Å². The van der Waals surface area contributed by atoms with Crippen LogP contribution in [0.25, 0.3) is 0 Å². The molecule has 0 radical (unpaired) electrons. The lowest BCUT2D eigenvalue weighted by atomic mass is 10.3. The summed E-state index contributed by atoms with van der Waals surface area (Å²) in [6.45, 7) is 2.84. The molecular weight excluding hydrogens is 242 g/mol. The molecule has 0 unspecified atom stereocenters. The van der Waals surface area contributed by atoms with E-state index in [1.54, 1.807) is 7.11 Å². The molecule has 0 aliphatic heterocycles. The van der Waals surface area contributed by atoms with Crippen molar-refractivity contribution in [2.75, 3.05) is 19.0 Å². The number of halogens is 1. The molecule has 0 saturated carbocycles. The minimum atomic E-state index is 0.835. The SMILES string of the molecule is C/C=C/CNc1ccc(Br)c(OC)c1. The zero-order valence-electron chi connectivity index (χ0n) is 8.38. The summed E-state index contributed by atoms with van der Waals surface area (Å²) in [6.07, 6.45) is 4.08. The van der Waals surface area contributed by atoms with Gasteiger partial charge in [-0.05, 0) is 35.0 Å². The van der Waals surface area contributed by atoms with Crippen molar-refractivity contribution < 1.29 is 4.74 Å². The van der Waals surface area contributed by atoms with Gasteiger partial charge in [-0.15, -0.1) is 0 Å². The maximum Gasteiger partial charge on any atom is 0.135 e. The molecule has 1 rings (SSSR count). The van der Waals surface area contributed by atoms with Crippen molar-refractivity contribution in [2.24, 2.45) is 0 Å². The predicted octanol–water partition coefficient (Wildman–Crippen LogP) is 3.45. The minimum absolute atomic E-state index is 0.835. The summed E-state index contributed by atoms with van der Waals surface area (Å²) >= 11 is 3.41. The third-order valence-corrected chi connectivity index (χ3v) is 2.47. The van der Waals surface area contributed by atoms with Crippen LogP contribution < -0.4 is 10.1 Å². The van der Waals surface area contributed by atoms with Gasteiger partial charge in [0, 0.05) is 18.3 Å². The molecular formula is C11H14BrNO. The third-order valence-electron chi connectivity index (χ3n) is 1.81. The Balaban J connectivity index is 2.69. The Morgan fingerprint density at radius 3 is 2.93 bits per heavy atom. The van der Waals surface area contributed by atoms with Crippen molar-refractivity contribution in [3.63, 3.8) is 0 Å². The monoisotopic (exact) mass is 255 g/mol. The summed E-state index contributed by atoms with van der Waals surface area (Å²) < 4.78 is 6.16. The van der Waals surface area contributed by atoms with Gasteiger partial charge < -0.3 is 10.1 Å². The minimum Gasteiger partial charge on any atom is -0.495 e. The van der Waals surface area contributed by atoms with Gasteiger partial charge in [-0.25, -0.2) is 0 Å². The van der Waals surface area contributed by atoms with E-state index >= 15 is 0 Å². The van der Waals surface area contributed by atoms with E-state index in [0.717, 1.165) is 22.5 Å². The summed E-state index contributed by atoms with van der Waals surface area (Å²) in [7, 11) is 1.66. The first-order valence-corrected chi connectivity index (χ1v) is 5.25. The molecule has 0 aliphatic carbocycles. The molecule has 0 heterocycles. The number of nitrogens with one attached hydrogen (secondary N) is 1. The lowest BCUT2D eigenvalue weighted by Crippen LogP contribution is -1.98. The molecule has 0 atom stereocenters. The second-order valence-corrected chi connectivity index (χ2v) is 3.65. The Bertz CT molecular complexity index is 323. The molecule has 0 spiro atoms. The molecule has 1 N–H and O–H groups in total. The van der Waals surface area contributed by atoms with Gasteiger partial charge >= 0.3 is 0 Å². The molecule has 1 aromatic rings. The largest absolute Gasteiger partial charge is 0.495 e. The lowest BCUT2D eigenvalue weighted by Gasteiger charge is -2.07. The summed E-state index contributed by atoms with van der Waals surface area (Å²) in [5, 5.41) is 3.26. The Morgan fingerprint density at radius 1 is 1.50 bits per heavy atom. The number of allylic oxidation sites excluding steroid dienone is 1. The van der Waals surface area contributed by atoms with Crippen LogP contribution in [0.4, 0.5) is 5.69 Å². The smallest absolute Gasteiger partial charge is 0.135 e. The van der Waals surface area contributed by atoms with Crippen LogP contribution in [0.3, 0.4) is 0 Å². The predicted molar refractivity (Wildman–Crippen MR) is 64.0 cm³/mol. The fourth-order valence-corrected chi connectivity index (χ4v) is 1.47. The van der Waals surface area contributed by atoms with E-state index in [1.807, 2.05) is 31.2 Å². The first-order chi connectivity index (χ1) is 6.77. The van der Waals surface area contributed by atoms with Crippen LogP contribution in [0.5, 0.6) is 5.75 Å². The fraction of sp³-hybridized carbons (Fsp3) is 0.273. The maximum absolute atomic E-state index is 5.19. The van der Waals surface area contributed by atoms with Gasteiger partial charge in [-0.3, -0.25) is 0 Å². The number of rotatable bonds is 4. The average Bonchev–Trinajstić information content (AvgIpc) is 2.21. The van der Waals surface area contributed by atoms with Crippen LogP contribution in [0, 0.1) is 0 Å². The van der Waals surface area contributed by atoms with E-state index in [9.17, 15) is 0 Å². The van der Waals surface area contributed by atoms with Gasteiger partial charge in [0.1, 0.15) is 5.75 Å². The van der Waals surface area contributed by atoms with Gasteiger partial charge in [0.2, 0.25) is 0 Å². The standard InChI is InChI=1S/C11H14BrNO/c1-3-4-7-13-9-5-6-10(12)11(8-9)14-2/h3-6,8,13H,7H2,1-2H3/b4-3+. The molecule has 3 heteroatoms. The molecule has 14 heavy (non-hydrogen) atoms. The van der Waals surface area contributed by atoms with E-state index in [0.29, 0.717) is 0 Å².